The largest absolute Gasteiger partial charge is 0.445 e. The second-order valence-electron chi connectivity index (χ2n) is 4.09. The molecule has 3 nitrogen and oxygen atoms in total. The average molecular weight is 231 g/mol. The molecule has 1 amide bonds. The Balaban J connectivity index is 2.38. The molecule has 1 aromatic rings. The summed E-state index contributed by atoms with van der Waals surface area (Å²) >= 11 is 0. The van der Waals surface area contributed by atoms with Gasteiger partial charge >= 0.3 is 6.09 Å². The predicted molar refractivity (Wildman–Crippen MR) is 67.2 cm³/mol. The summed E-state index contributed by atoms with van der Waals surface area (Å²) in [7, 11) is 0. The van der Waals surface area contributed by atoms with Crippen molar-refractivity contribution in [3.8, 4) is 12.3 Å². The maximum atomic E-state index is 11.5. The maximum absolute atomic E-state index is 11.5. The Labute approximate surface area is 102 Å². The summed E-state index contributed by atoms with van der Waals surface area (Å²) < 4.78 is 5.06. The van der Waals surface area contributed by atoms with Crippen LogP contribution in [0, 0.1) is 18.3 Å². The molecule has 0 unspecified atom stereocenters. The molecule has 1 rings (SSSR count). The molecular formula is C14H17NO2. The molecule has 1 N–H and O–H groups in total. The fourth-order valence-corrected chi connectivity index (χ4v) is 1.29. The highest BCUT2D eigenvalue weighted by atomic mass is 16.5. The van der Waals surface area contributed by atoms with Gasteiger partial charge in [-0.3, -0.25) is 0 Å². The number of carbonyl (C=O) groups excluding carboxylic acids is 1. The van der Waals surface area contributed by atoms with Crippen LogP contribution in [0.15, 0.2) is 30.3 Å². The minimum Gasteiger partial charge on any atom is -0.445 e. The minimum atomic E-state index is -0.481. The lowest BCUT2D eigenvalue weighted by molar-refractivity contribution is 0.136. The summed E-state index contributed by atoms with van der Waals surface area (Å²) in [6.07, 6.45) is 4.83. The van der Waals surface area contributed by atoms with Gasteiger partial charge in [0.05, 0.1) is 6.04 Å². The summed E-state index contributed by atoms with van der Waals surface area (Å²) in [4.78, 5) is 11.5. The molecule has 0 aromatic heterocycles. The van der Waals surface area contributed by atoms with Crippen LogP contribution in [-0.4, -0.2) is 12.1 Å². The number of nitrogens with one attached hydrogen (secondary N) is 1. The van der Waals surface area contributed by atoms with Crippen LogP contribution in [0.3, 0.4) is 0 Å². The second-order valence-corrected chi connectivity index (χ2v) is 4.09. The Kier molecular flexibility index (Phi) is 5.09. The highest BCUT2D eigenvalue weighted by molar-refractivity contribution is 5.68. The van der Waals surface area contributed by atoms with E-state index in [2.05, 4.69) is 11.2 Å². The second kappa shape index (κ2) is 6.59. The quantitative estimate of drug-likeness (QED) is 0.809. The molecule has 0 saturated carbocycles. The molecule has 1 atom stereocenters. The van der Waals surface area contributed by atoms with Crippen molar-refractivity contribution < 1.29 is 9.53 Å². The Morgan fingerprint density at radius 3 is 2.59 bits per heavy atom. The van der Waals surface area contributed by atoms with Gasteiger partial charge in [0.25, 0.3) is 0 Å². The van der Waals surface area contributed by atoms with Crippen LogP contribution in [0.4, 0.5) is 4.79 Å². The van der Waals surface area contributed by atoms with Crippen molar-refractivity contribution in [2.45, 2.75) is 26.5 Å². The summed E-state index contributed by atoms with van der Waals surface area (Å²) in [6.45, 7) is 4.14. The lowest BCUT2D eigenvalue weighted by Crippen LogP contribution is -2.37. The zero-order valence-electron chi connectivity index (χ0n) is 10.1. The van der Waals surface area contributed by atoms with E-state index in [1.54, 1.807) is 0 Å². The van der Waals surface area contributed by atoms with E-state index >= 15 is 0 Å². The first kappa shape index (κ1) is 13.1. The summed E-state index contributed by atoms with van der Waals surface area (Å²) in [5.41, 5.74) is 0.949. The molecule has 0 aliphatic heterocycles. The van der Waals surface area contributed by atoms with Gasteiger partial charge in [-0.1, -0.05) is 50.1 Å². The normalized spacial score (nSPS) is 11.6. The van der Waals surface area contributed by atoms with Crippen LogP contribution in [0.25, 0.3) is 0 Å². The van der Waals surface area contributed by atoms with E-state index in [1.807, 2.05) is 44.2 Å². The molecule has 0 bridgehead atoms. The van der Waals surface area contributed by atoms with Crippen LogP contribution >= 0.6 is 0 Å². The van der Waals surface area contributed by atoms with Gasteiger partial charge < -0.3 is 10.1 Å². The lowest BCUT2D eigenvalue weighted by Gasteiger charge is -2.16. The molecule has 0 aliphatic rings. The van der Waals surface area contributed by atoms with E-state index in [1.165, 1.54) is 0 Å². The average Bonchev–Trinajstić information content (AvgIpc) is 2.34. The Morgan fingerprint density at radius 1 is 1.41 bits per heavy atom. The smallest absolute Gasteiger partial charge is 0.408 e. The topological polar surface area (TPSA) is 38.3 Å². The third-order valence-corrected chi connectivity index (χ3v) is 2.33. The monoisotopic (exact) mass is 231 g/mol. The Morgan fingerprint density at radius 2 is 2.06 bits per heavy atom. The number of terminal acetylenes is 1. The number of benzene rings is 1. The van der Waals surface area contributed by atoms with Crippen molar-refractivity contribution in [2.75, 3.05) is 0 Å². The highest BCUT2D eigenvalue weighted by Crippen LogP contribution is 2.03. The number of hydrogen-bond acceptors (Lipinski definition) is 2. The predicted octanol–water partition coefficient (Wildman–Crippen LogP) is 2.57. The van der Waals surface area contributed by atoms with Crippen LogP contribution in [-0.2, 0) is 11.3 Å². The molecular weight excluding hydrogens is 214 g/mol. The molecule has 0 fully saturated rings. The van der Waals surface area contributed by atoms with E-state index < -0.39 is 6.09 Å². The molecule has 0 spiro atoms. The third-order valence-electron chi connectivity index (χ3n) is 2.33. The maximum Gasteiger partial charge on any atom is 0.408 e. The number of hydrogen-bond donors (Lipinski definition) is 1. The van der Waals surface area contributed by atoms with Gasteiger partial charge in [0.1, 0.15) is 6.61 Å². The van der Waals surface area contributed by atoms with E-state index in [9.17, 15) is 4.79 Å². The standard InChI is InChI=1S/C14H17NO2/c1-4-13(11(2)3)15-14(16)17-10-12-8-6-5-7-9-12/h1,5-9,11,13H,10H2,2-3H3,(H,15,16)/t13-/m0/s1. The fourth-order valence-electron chi connectivity index (χ4n) is 1.29. The van der Waals surface area contributed by atoms with Crippen molar-refractivity contribution in [1.29, 1.82) is 0 Å². The molecule has 0 saturated heterocycles. The van der Waals surface area contributed by atoms with Gasteiger partial charge in [-0.15, -0.1) is 6.42 Å². The number of amides is 1. The summed E-state index contributed by atoms with van der Waals surface area (Å²) in [6, 6.07) is 9.21. The van der Waals surface area contributed by atoms with Crippen LogP contribution in [0.2, 0.25) is 0 Å². The zero-order chi connectivity index (χ0) is 12.7. The van der Waals surface area contributed by atoms with Gasteiger partial charge in [-0.05, 0) is 11.5 Å². The van der Waals surface area contributed by atoms with Gasteiger partial charge in [0, 0.05) is 0 Å². The molecule has 90 valence electrons. The third kappa shape index (κ3) is 4.60. The molecule has 1 aromatic carbocycles. The zero-order valence-corrected chi connectivity index (χ0v) is 10.1. The number of rotatable bonds is 4. The number of ether oxygens (including phenoxy) is 1. The van der Waals surface area contributed by atoms with Crippen molar-refractivity contribution in [1.82, 2.24) is 5.32 Å². The van der Waals surface area contributed by atoms with Gasteiger partial charge in [0.2, 0.25) is 0 Å². The van der Waals surface area contributed by atoms with E-state index in [4.69, 9.17) is 11.2 Å². The van der Waals surface area contributed by atoms with E-state index in [-0.39, 0.29) is 18.6 Å². The van der Waals surface area contributed by atoms with E-state index in [0.29, 0.717) is 0 Å². The molecule has 17 heavy (non-hydrogen) atoms. The van der Waals surface area contributed by atoms with Crippen molar-refractivity contribution in [2.24, 2.45) is 5.92 Å². The molecule has 0 radical (unpaired) electrons. The van der Waals surface area contributed by atoms with Crippen molar-refractivity contribution >= 4 is 6.09 Å². The Hall–Kier alpha value is -1.95. The highest BCUT2D eigenvalue weighted by Gasteiger charge is 2.13. The SMILES string of the molecule is C#C[C@H](NC(=O)OCc1ccccc1)C(C)C. The van der Waals surface area contributed by atoms with Gasteiger partial charge in [-0.25, -0.2) is 4.79 Å². The van der Waals surface area contributed by atoms with Crippen LogP contribution in [0.5, 0.6) is 0 Å². The minimum absolute atomic E-state index is 0.185. The molecule has 0 heterocycles. The van der Waals surface area contributed by atoms with Crippen molar-refractivity contribution in [3.05, 3.63) is 35.9 Å². The van der Waals surface area contributed by atoms with Crippen LogP contribution < -0.4 is 5.32 Å². The first-order valence-corrected chi connectivity index (χ1v) is 5.57. The first-order valence-electron chi connectivity index (χ1n) is 5.57. The summed E-state index contributed by atoms with van der Waals surface area (Å²) in [5, 5.41) is 2.64. The van der Waals surface area contributed by atoms with Gasteiger partial charge in [0.15, 0.2) is 0 Å². The fraction of sp³-hybridized carbons (Fsp3) is 0.357. The first-order chi connectivity index (χ1) is 8.13. The van der Waals surface area contributed by atoms with E-state index in [0.717, 1.165) is 5.56 Å². The van der Waals surface area contributed by atoms with Crippen LogP contribution in [0.1, 0.15) is 19.4 Å². The molecule has 0 aliphatic carbocycles. The summed E-state index contributed by atoms with van der Waals surface area (Å²) in [5.74, 6) is 2.70. The van der Waals surface area contributed by atoms with Gasteiger partial charge in [-0.2, -0.15) is 0 Å². The molecule has 3 heteroatoms. The number of carbonyl (C=O) groups is 1. The Bertz CT molecular complexity index is 392. The van der Waals surface area contributed by atoms with Crippen molar-refractivity contribution in [3.63, 3.8) is 0 Å². The lowest BCUT2D eigenvalue weighted by atomic mass is 10.1. The number of alkyl carbamates (subject to hydrolysis) is 1.